The Bertz CT molecular complexity index is 2310. The van der Waals surface area contributed by atoms with Gasteiger partial charge in [0.15, 0.2) is 0 Å². The van der Waals surface area contributed by atoms with Gasteiger partial charge in [-0.25, -0.2) is 0 Å². The monoisotopic (exact) mass is 777 g/mol. The van der Waals surface area contributed by atoms with Crippen molar-refractivity contribution in [3.8, 4) is 22.3 Å². The van der Waals surface area contributed by atoms with E-state index in [1.54, 1.807) is 0 Å². The molecule has 0 bridgehead atoms. The molecule has 59 heavy (non-hydrogen) atoms. The first-order valence-corrected chi connectivity index (χ1v) is 21.2. The molecule has 2 nitrogen and oxygen atoms in total. The van der Waals surface area contributed by atoms with Gasteiger partial charge < -0.3 is 0 Å². The first kappa shape index (κ1) is 45.6. The Morgan fingerprint density at radius 2 is 1.31 bits per heavy atom. The largest absolute Gasteiger partial charge is 0.296 e. The minimum absolute atomic E-state index is 0.696. The first-order chi connectivity index (χ1) is 28.9. The molecule has 0 saturated heterocycles. The molecule has 0 unspecified atom stereocenters. The van der Waals surface area contributed by atoms with Crippen LogP contribution < -0.4 is 0 Å². The molecule has 0 amide bonds. The summed E-state index contributed by atoms with van der Waals surface area (Å²) in [5.74, 6) is 0. The maximum atomic E-state index is 4.96. The molecular formula is C57H64N2. The van der Waals surface area contributed by atoms with Crippen LogP contribution in [0.15, 0.2) is 175 Å². The number of aryl methyl sites for hydroxylation is 2. The van der Waals surface area contributed by atoms with Crippen molar-refractivity contribution in [3.63, 3.8) is 0 Å². The first-order valence-electron chi connectivity index (χ1n) is 21.2. The van der Waals surface area contributed by atoms with Crippen molar-refractivity contribution in [2.75, 3.05) is 0 Å². The molecule has 2 aliphatic carbocycles. The van der Waals surface area contributed by atoms with Gasteiger partial charge in [0.2, 0.25) is 0 Å². The molecule has 0 atom stereocenters. The Kier molecular flexibility index (Phi) is 18.5. The highest BCUT2D eigenvalue weighted by Gasteiger charge is 2.14. The van der Waals surface area contributed by atoms with Crippen LogP contribution in [0.1, 0.15) is 104 Å². The van der Waals surface area contributed by atoms with Crippen LogP contribution >= 0.6 is 0 Å². The highest BCUT2D eigenvalue weighted by Crippen LogP contribution is 2.35. The van der Waals surface area contributed by atoms with Crippen molar-refractivity contribution in [2.24, 2.45) is 9.98 Å². The summed E-state index contributed by atoms with van der Waals surface area (Å²) in [5.41, 5.74) is 20.2. The average Bonchev–Trinajstić information content (AvgIpc) is 3.29. The van der Waals surface area contributed by atoms with Crippen molar-refractivity contribution in [1.29, 1.82) is 0 Å². The average molecular weight is 777 g/mol. The topological polar surface area (TPSA) is 24.7 Å². The summed E-state index contributed by atoms with van der Waals surface area (Å²) < 4.78 is 0. The predicted molar refractivity (Wildman–Crippen MR) is 263 cm³/mol. The van der Waals surface area contributed by atoms with Crippen LogP contribution in [-0.4, -0.2) is 12.4 Å². The third kappa shape index (κ3) is 12.4. The molecule has 302 valence electrons. The molecule has 2 aliphatic rings. The molecule has 0 aliphatic heterocycles. The normalized spacial score (nSPS) is 13.1. The van der Waals surface area contributed by atoms with Crippen LogP contribution in [0, 0.1) is 13.8 Å². The van der Waals surface area contributed by atoms with E-state index in [1.165, 1.54) is 84.3 Å². The number of benzene rings is 5. The summed E-state index contributed by atoms with van der Waals surface area (Å²) in [6.45, 7) is 27.9. The van der Waals surface area contributed by atoms with E-state index in [0.29, 0.717) is 13.1 Å². The van der Waals surface area contributed by atoms with Crippen molar-refractivity contribution in [2.45, 2.75) is 86.7 Å². The summed E-state index contributed by atoms with van der Waals surface area (Å²) in [7, 11) is 0. The van der Waals surface area contributed by atoms with E-state index in [-0.39, 0.29) is 0 Å². The van der Waals surface area contributed by atoms with Gasteiger partial charge in [-0.05, 0) is 150 Å². The SMILES string of the molecule is C=C.C=Cc1cc(C(CC)=NCc2ccccc2)ccc1-c1cc(-c2ccc(C3=C(C)CCC=C3)c(C)c2)ccc1C.C=NCc1ccc(C2=CCCC=C2)cc1.CC. The van der Waals surface area contributed by atoms with Crippen molar-refractivity contribution >= 4 is 29.7 Å². The van der Waals surface area contributed by atoms with Crippen molar-refractivity contribution < 1.29 is 0 Å². The Labute approximate surface area is 356 Å². The third-order valence-electron chi connectivity index (χ3n) is 10.6. The van der Waals surface area contributed by atoms with Gasteiger partial charge in [-0.15, -0.1) is 13.2 Å². The van der Waals surface area contributed by atoms with E-state index in [9.17, 15) is 0 Å². The molecule has 0 radical (unpaired) electrons. The standard InChI is InChI=1S/C39H39N.C14H15N.C2H6.C2H4/c1-6-31-24-34(39(7-2)40-26-30-14-9-8-10-15-30)20-22-37(31)38-25-33(18-17-28(38)4)32-19-21-36(29(5)23-32)35-16-12-11-13-27(35)3;1-15-11-12-7-9-14(10-8-12)13-5-3-2-4-6-13;2*1-2/h6,8-10,12,14-25H,1,7,11,13,26H2,2-5H3;3,5-10H,1-2,4,11H2;1-2H3;1-2H2. The summed E-state index contributed by atoms with van der Waals surface area (Å²) in [4.78, 5) is 8.83. The summed E-state index contributed by atoms with van der Waals surface area (Å²) in [6, 6.07) is 39.4. The van der Waals surface area contributed by atoms with Crippen LogP contribution in [0.2, 0.25) is 0 Å². The second-order valence-corrected chi connectivity index (χ2v) is 14.5. The highest BCUT2D eigenvalue weighted by molar-refractivity contribution is 6.01. The number of allylic oxidation sites excluding steroid dienone is 8. The van der Waals surface area contributed by atoms with E-state index in [0.717, 1.165) is 37.0 Å². The van der Waals surface area contributed by atoms with Crippen LogP contribution in [0.4, 0.5) is 0 Å². The zero-order valence-corrected chi connectivity index (χ0v) is 36.5. The van der Waals surface area contributed by atoms with E-state index < -0.39 is 0 Å². The van der Waals surface area contributed by atoms with E-state index in [1.807, 2.05) is 26.0 Å². The number of nitrogens with zero attached hydrogens (tertiary/aromatic N) is 2. The zero-order valence-electron chi connectivity index (χ0n) is 36.5. The number of hydrogen-bond acceptors (Lipinski definition) is 2. The second-order valence-electron chi connectivity index (χ2n) is 14.5. The van der Waals surface area contributed by atoms with Crippen molar-refractivity contribution in [3.05, 3.63) is 209 Å². The van der Waals surface area contributed by atoms with Gasteiger partial charge in [0, 0.05) is 5.71 Å². The van der Waals surface area contributed by atoms with Crippen LogP contribution in [0.25, 0.3) is 39.5 Å². The minimum atomic E-state index is 0.696. The smallest absolute Gasteiger partial charge is 0.0643 e. The molecule has 0 heterocycles. The fourth-order valence-electron chi connectivity index (χ4n) is 7.43. The van der Waals surface area contributed by atoms with Gasteiger partial charge in [0.05, 0.1) is 13.1 Å². The van der Waals surface area contributed by atoms with Gasteiger partial charge >= 0.3 is 0 Å². The molecule has 0 saturated carbocycles. The Morgan fingerprint density at radius 3 is 1.95 bits per heavy atom. The summed E-state index contributed by atoms with van der Waals surface area (Å²) in [6.07, 6.45) is 18.8. The molecule has 5 aromatic carbocycles. The quantitative estimate of drug-likeness (QED) is 0.0943. The van der Waals surface area contributed by atoms with Crippen molar-refractivity contribution in [1.82, 2.24) is 0 Å². The third-order valence-corrected chi connectivity index (χ3v) is 10.6. The number of rotatable bonds is 11. The fourth-order valence-corrected chi connectivity index (χ4v) is 7.43. The Hall–Kier alpha value is -6.12. The van der Waals surface area contributed by atoms with E-state index >= 15 is 0 Å². The number of aliphatic imine (C=N–C) groups is 2. The molecule has 2 heteroatoms. The van der Waals surface area contributed by atoms with Gasteiger partial charge in [-0.1, -0.05) is 166 Å². The maximum Gasteiger partial charge on any atom is 0.0643 e. The lowest BCUT2D eigenvalue weighted by molar-refractivity contribution is 0.967. The predicted octanol–water partition coefficient (Wildman–Crippen LogP) is 16.3. The van der Waals surface area contributed by atoms with Gasteiger partial charge in [-0.2, -0.15) is 0 Å². The van der Waals surface area contributed by atoms with Gasteiger partial charge in [0.25, 0.3) is 0 Å². The Morgan fingerprint density at radius 1 is 0.644 bits per heavy atom. The van der Waals surface area contributed by atoms with Crippen LogP contribution in [0.3, 0.4) is 0 Å². The zero-order chi connectivity index (χ0) is 42.6. The molecule has 0 aromatic heterocycles. The lowest BCUT2D eigenvalue weighted by Crippen LogP contribution is -2.01. The van der Waals surface area contributed by atoms with Crippen LogP contribution in [-0.2, 0) is 13.1 Å². The van der Waals surface area contributed by atoms with E-state index in [2.05, 4.69) is 193 Å². The summed E-state index contributed by atoms with van der Waals surface area (Å²) in [5, 5.41) is 0. The van der Waals surface area contributed by atoms with Crippen LogP contribution in [0.5, 0.6) is 0 Å². The van der Waals surface area contributed by atoms with E-state index in [4.69, 9.17) is 4.99 Å². The molecular weight excluding hydrogens is 713 g/mol. The lowest BCUT2D eigenvalue weighted by Gasteiger charge is -2.17. The maximum absolute atomic E-state index is 4.96. The summed E-state index contributed by atoms with van der Waals surface area (Å²) >= 11 is 0. The molecule has 7 rings (SSSR count). The fraction of sp³-hybridized carbons (Fsp3) is 0.228. The second kappa shape index (κ2) is 24.0. The highest BCUT2D eigenvalue weighted by atomic mass is 14.7. The number of hydrogen-bond donors (Lipinski definition) is 0. The Balaban J connectivity index is 0.000000337. The molecule has 5 aromatic rings. The minimum Gasteiger partial charge on any atom is -0.296 e. The molecule has 0 fully saturated rings. The van der Waals surface area contributed by atoms with Gasteiger partial charge in [-0.3, -0.25) is 9.98 Å². The lowest BCUT2D eigenvalue weighted by atomic mass is 9.88. The molecule has 0 N–H and O–H groups in total. The molecule has 0 spiro atoms. The van der Waals surface area contributed by atoms with Gasteiger partial charge in [0.1, 0.15) is 0 Å².